The summed E-state index contributed by atoms with van der Waals surface area (Å²) in [5.74, 6) is 1.92. The van der Waals surface area contributed by atoms with Crippen molar-refractivity contribution in [3.05, 3.63) is 23.2 Å². The van der Waals surface area contributed by atoms with E-state index in [1.807, 2.05) is 0 Å². The summed E-state index contributed by atoms with van der Waals surface area (Å²) >= 11 is 0. The monoisotopic (exact) mass is 253 g/mol. The maximum atomic E-state index is 5.77. The van der Waals surface area contributed by atoms with Gasteiger partial charge in [0, 0.05) is 12.6 Å². The zero-order chi connectivity index (χ0) is 13.7. The topological polar surface area (TPSA) is 45.6 Å². The highest BCUT2D eigenvalue weighted by Crippen LogP contribution is 2.17. The lowest BCUT2D eigenvalue weighted by Gasteiger charge is -2.29. The second-order valence-corrected chi connectivity index (χ2v) is 5.20. The van der Waals surface area contributed by atoms with Crippen molar-refractivity contribution in [1.29, 1.82) is 0 Å². The van der Waals surface area contributed by atoms with E-state index in [0.29, 0.717) is 12.6 Å². The van der Waals surface area contributed by atoms with Crippen LogP contribution in [0.3, 0.4) is 0 Å². The van der Waals surface area contributed by atoms with Crippen LogP contribution in [-0.4, -0.2) is 43.0 Å². The molecule has 2 N–H and O–H groups in total. The minimum absolute atomic E-state index is 0.477. The Morgan fingerprint density at radius 2 is 2.06 bits per heavy atom. The van der Waals surface area contributed by atoms with Gasteiger partial charge in [0.15, 0.2) is 0 Å². The number of furan rings is 1. The third kappa shape index (κ3) is 4.12. The number of nitrogens with two attached hydrogens (primary N) is 1. The molecule has 0 radical (unpaired) electrons. The first kappa shape index (κ1) is 15.2. The van der Waals surface area contributed by atoms with E-state index in [4.69, 9.17) is 10.2 Å². The third-order valence-electron chi connectivity index (χ3n) is 3.27. The van der Waals surface area contributed by atoms with Crippen molar-refractivity contribution in [1.82, 2.24) is 9.80 Å². The molecule has 0 saturated heterocycles. The van der Waals surface area contributed by atoms with E-state index in [2.05, 4.69) is 50.7 Å². The van der Waals surface area contributed by atoms with Crippen LogP contribution in [0, 0.1) is 6.92 Å². The molecule has 1 rings (SSSR count). The van der Waals surface area contributed by atoms with Crippen LogP contribution in [0.1, 0.15) is 30.9 Å². The fourth-order valence-electron chi connectivity index (χ4n) is 2.29. The molecule has 4 nitrogen and oxygen atoms in total. The Kier molecular flexibility index (Phi) is 5.85. The van der Waals surface area contributed by atoms with Gasteiger partial charge in [0.2, 0.25) is 0 Å². The Morgan fingerprint density at radius 3 is 2.50 bits per heavy atom. The smallest absolute Gasteiger partial charge is 0.120 e. The Hall–Kier alpha value is -0.840. The van der Waals surface area contributed by atoms with Crippen molar-refractivity contribution >= 4 is 0 Å². The summed E-state index contributed by atoms with van der Waals surface area (Å²) in [5, 5.41) is 0. The molecular weight excluding hydrogens is 226 g/mol. The van der Waals surface area contributed by atoms with E-state index in [1.165, 1.54) is 0 Å². The van der Waals surface area contributed by atoms with Crippen LogP contribution in [0.25, 0.3) is 0 Å². The van der Waals surface area contributed by atoms with Crippen molar-refractivity contribution in [3.8, 4) is 0 Å². The van der Waals surface area contributed by atoms with Gasteiger partial charge in [-0.1, -0.05) is 6.92 Å². The number of likely N-dealkylation sites (N-methyl/N-ethyl adjacent to an activating group) is 2. The van der Waals surface area contributed by atoms with Crippen molar-refractivity contribution in [2.75, 3.05) is 27.2 Å². The standard InChI is InChI=1S/C14H27N3O/c1-6-17(12(3)9-16(4)5)10-13-7-11(2)14(8-15)18-13/h7,12H,6,8-10,15H2,1-5H3. The van der Waals surface area contributed by atoms with Crippen LogP contribution in [-0.2, 0) is 13.1 Å². The highest BCUT2D eigenvalue weighted by molar-refractivity contribution is 5.19. The molecule has 0 aliphatic rings. The van der Waals surface area contributed by atoms with E-state index < -0.39 is 0 Å². The Labute approximate surface area is 111 Å². The molecule has 0 saturated carbocycles. The quantitative estimate of drug-likeness (QED) is 0.805. The number of hydrogen-bond donors (Lipinski definition) is 1. The van der Waals surface area contributed by atoms with Gasteiger partial charge in [-0.25, -0.2) is 0 Å². The minimum Gasteiger partial charge on any atom is -0.463 e. The van der Waals surface area contributed by atoms with E-state index >= 15 is 0 Å². The van der Waals surface area contributed by atoms with Gasteiger partial charge < -0.3 is 15.1 Å². The first-order valence-corrected chi connectivity index (χ1v) is 6.64. The maximum Gasteiger partial charge on any atom is 0.120 e. The van der Waals surface area contributed by atoms with Crippen molar-refractivity contribution < 1.29 is 4.42 Å². The van der Waals surface area contributed by atoms with Crippen LogP contribution < -0.4 is 5.73 Å². The average molecular weight is 253 g/mol. The van der Waals surface area contributed by atoms with Crippen molar-refractivity contribution in [2.45, 2.75) is 39.9 Å². The fraction of sp³-hybridized carbons (Fsp3) is 0.714. The van der Waals surface area contributed by atoms with Gasteiger partial charge in [-0.3, -0.25) is 4.90 Å². The van der Waals surface area contributed by atoms with Crippen molar-refractivity contribution in [3.63, 3.8) is 0 Å². The van der Waals surface area contributed by atoms with Gasteiger partial charge in [-0.2, -0.15) is 0 Å². The van der Waals surface area contributed by atoms with Gasteiger partial charge >= 0.3 is 0 Å². The molecule has 0 aromatic carbocycles. The van der Waals surface area contributed by atoms with Crippen LogP contribution in [0.15, 0.2) is 10.5 Å². The van der Waals surface area contributed by atoms with Gasteiger partial charge in [0.05, 0.1) is 13.1 Å². The van der Waals surface area contributed by atoms with Crippen LogP contribution in [0.2, 0.25) is 0 Å². The molecule has 1 atom stereocenters. The molecule has 104 valence electrons. The second kappa shape index (κ2) is 6.92. The SMILES string of the molecule is CCN(Cc1cc(C)c(CN)o1)C(C)CN(C)C. The Bertz CT molecular complexity index is 360. The van der Waals surface area contributed by atoms with Crippen molar-refractivity contribution in [2.24, 2.45) is 5.73 Å². The van der Waals surface area contributed by atoms with E-state index in [-0.39, 0.29) is 0 Å². The minimum atomic E-state index is 0.477. The second-order valence-electron chi connectivity index (χ2n) is 5.20. The first-order valence-electron chi connectivity index (χ1n) is 6.64. The molecule has 1 heterocycles. The molecule has 1 aromatic heterocycles. The lowest BCUT2D eigenvalue weighted by molar-refractivity contribution is 0.162. The van der Waals surface area contributed by atoms with Gasteiger partial charge in [0.1, 0.15) is 11.5 Å². The molecule has 1 aromatic rings. The van der Waals surface area contributed by atoms with Gasteiger partial charge in [-0.15, -0.1) is 0 Å². The molecule has 4 heteroatoms. The predicted octanol–water partition coefficient (Wildman–Crippen LogP) is 1.82. The maximum absolute atomic E-state index is 5.77. The zero-order valence-electron chi connectivity index (χ0n) is 12.4. The highest BCUT2D eigenvalue weighted by Gasteiger charge is 2.16. The van der Waals surface area contributed by atoms with Crippen LogP contribution in [0.5, 0.6) is 0 Å². The zero-order valence-corrected chi connectivity index (χ0v) is 12.4. The summed E-state index contributed by atoms with van der Waals surface area (Å²) in [5.41, 5.74) is 6.80. The number of nitrogens with zero attached hydrogens (tertiary/aromatic N) is 2. The fourth-order valence-corrected chi connectivity index (χ4v) is 2.29. The lowest BCUT2D eigenvalue weighted by Crippen LogP contribution is -2.39. The number of hydrogen-bond acceptors (Lipinski definition) is 4. The third-order valence-corrected chi connectivity index (χ3v) is 3.27. The lowest BCUT2D eigenvalue weighted by atomic mass is 10.2. The molecule has 1 unspecified atom stereocenters. The summed E-state index contributed by atoms with van der Waals surface area (Å²) in [7, 11) is 4.21. The van der Waals surface area contributed by atoms with E-state index in [1.54, 1.807) is 0 Å². The summed E-state index contributed by atoms with van der Waals surface area (Å²) in [6.45, 7) is 9.89. The molecule has 0 aliphatic heterocycles. The van der Waals surface area contributed by atoms with Crippen LogP contribution in [0.4, 0.5) is 0 Å². The van der Waals surface area contributed by atoms with E-state index in [0.717, 1.165) is 36.7 Å². The molecule has 0 spiro atoms. The number of rotatable bonds is 7. The van der Waals surface area contributed by atoms with Gasteiger partial charge in [0.25, 0.3) is 0 Å². The Balaban J connectivity index is 2.66. The first-order chi connectivity index (χ1) is 8.47. The van der Waals surface area contributed by atoms with Gasteiger partial charge in [-0.05, 0) is 46.1 Å². The molecule has 18 heavy (non-hydrogen) atoms. The summed E-state index contributed by atoms with van der Waals surface area (Å²) in [4.78, 5) is 4.63. The molecular formula is C14H27N3O. The molecule has 0 fully saturated rings. The van der Waals surface area contributed by atoms with E-state index in [9.17, 15) is 0 Å². The normalized spacial score (nSPS) is 13.6. The molecule has 0 aliphatic carbocycles. The average Bonchev–Trinajstić information content (AvgIpc) is 2.65. The Morgan fingerprint density at radius 1 is 1.39 bits per heavy atom. The highest BCUT2D eigenvalue weighted by atomic mass is 16.3. The predicted molar refractivity (Wildman–Crippen MR) is 75.4 cm³/mol. The van der Waals surface area contributed by atoms with Crippen LogP contribution >= 0.6 is 0 Å². The number of aryl methyl sites for hydroxylation is 1. The largest absolute Gasteiger partial charge is 0.463 e. The summed E-state index contributed by atoms with van der Waals surface area (Å²) in [6.07, 6.45) is 0. The molecule has 0 amide bonds. The summed E-state index contributed by atoms with van der Waals surface area (Å²) < 4.78 is 5.77. The summed E-state index contributed by atoms with van der Waals surface area (Å²) in [6, 6.07) is 2.62. The molecule has 0 bridgehead atoms.